The van der Waals surface area contributed by atoms with Gasteiger partial charge in [0.05, 0.1) is 42.9 Å². The minimum absolute atomic E-state index is 0.00267. The van der Waals surface area contributed by atoms with Crippen LogP contribution in [0.1, 0.15) is 26.3 Å². The average Bonchev–Trinajstić information content (AvgIpc) is 3.35. The molecule has 7 nitrogen and oxygen atoms in total. The van der Waals surface area contributed by atoms with Crippen LogP contribution in [0.4, 0.5) is 10.1 Å². The fourth-order valence-corrected chi connectivity index (χ4v) is 4.67. The third-order valence-electron chi connectivity index (χ3n) is 5.00. The number of methoxy groups -OCH3 is 2. The third kappa shape index (κ3) is 4.93. The predicted molar refractivity (Wildman–Crippen MR) is 130 cm³/mol. The van der Waals surface area contributed by atoms with Crippen LogP contribution in [-0.4, -0.2) is 38.1 Å². The SMILES string of the molecule is COc1cc2ncc(-c3cc(F)c(OC)c(NCc4cnn(C)c4)c3)n2cc1SC(C)(C)C. The first kappa shape index (κ1) is 23.0. The topological polar surface area (TPSA) is 65.6 Å². The number of benzene rings is 1. The number of imidazole rings is 1. The van der Waals surface area contributed by atoms with E-state index in [0.717, 1.165) is 27.5 Å². The third-order valence-corrected chi connectivity index (χ3v) is 6.13. The van der Waals surface area contributed by atoms with E-state index in [1.807, 2.05) is 36.0 Å². The van der Waals surface area contributed by atoms with Gasteiger partial charge in [0.15, 0.2) is 11.6 Å². The Morgan fingerprint density at radius 3 is 2.52 bits per heavy atom. The number of rotatable bonds is 7. The zero-order valence-electron chi connectivity index (χ0n) is 19.6. The number of aromatic nitrogens is 4. The molecule has 0 aliphatic rings. The maximum atomic E-state index is 15.0. The number of ether oxygens (including phenoxy) is 2. The van der Waals surface area contributed by atoms with Gasteiger partial charge in [-0.25, -0.2) is 9.37 Å². The molecule has 1 aromatic carbocycles. The molecule has 0 aliphatic heterocycles. The van der Waals surface area contributed by atoms with Crippen LogP contribution in [0.15, 0.2) is 47.9 Å². The number of hydrogen-bond donors (Lipinski definition) is 1. The maximum Gasteiger partial charge on any atom is 0.177 e. The van der Waals surface area contributed by atoms with Crippen LogP contribution in [-0.2, 0) is 13.6 Å². The van der Waals surface area contributed by atoms with Crippen molar-refractivity contribution >= 4 is 23.1 Å². The van der Waals surface area contributed by atoms with Crippen LogP contribution >= 0.6 is 11.8 Å². The molecule has 3 heterocycles. The van der Waals surface area contributed by atoms with Gasteiger partial charge in [-0.2, -0.15) is 5.10 Å². The molecule has 3 aromatic heterocycles. The Bertz CT molecular complexity index is 1290. The van der Waals surface area contributed by atoms with Crippen molar-refractivity contribution < 1.29 is 13.9 Å². The average molecular weight is 470 g/mol. The molecule has 33 heavy (non-hydrogen) atoms. The number of pyridine rings is 1. The molecule has 0 bridgehead atoms. The Labute approximate surface area is 196 Å². The second-order valence-electron chi connectivity index (χ2n) is 8.71. The largest absolute Gasteiger partial charge is 0.495 e. The number of nitrogens with one attached hydrogen (secondary N) is 1. The Morgan fingerprint density at radius 2 is 1.88 bits per heavy atom. The number of nitrogens with zero attached hydrogens (tertiary/aromatic N) is 4. The fourth-order valence-electron chi connectivity index (χ4n) is 3.61. The van der Waals surface area contributed by atoms with Gasteiger partial charge in [0.2, 0.25) is 0 Å². The van der Waals surface area contributed by atoms with E-state index in [1.165, 1.54) is 13.2 Å². The lowest BCUT2D eigenvalue weighted by Crippen LogP contribution is -2.08. The Hall–Kier alpha value is -3.20. The summed E-state index contributed by atoms with van der Waals surface area (Å²) in [5.74, 6) is 0.484. The summed E-state index contributed by atoms with van der Waals surface area (Å²) < 4.78 is 29.6. The van der Waals surface area contributed by atoms with E-state index in [0.29, 0.717) is 17.8 Å². The first-order valence-corrected chi connectivity index (χ1v) is 11.3. The number of fused-ring (bicyclic) bond motifs is 1. The van der Waals surface area contributed by atoms with Gasteiger partial charge in [-0.05, 0) is 12.1 Å². The monoisotopic (exact) mass is 469 g/mol. The number of hydrogen-bond acceptors (Lipinski definition) is 6. The molecular formula is C24H28FN5O2S. The van der Waals surface area contributed by atoms with Crippen LogP contribution in [0.5, 0.6) is 11.5 Å². The summed E-state index contributed by atoms with van der Waals surface area (Å²) in [6, 6.07) is 5.25. The van der Waals surface area contributed by atoms with Crippen molar-refractivity contribution in [2.24, 2.45) is 7.05 Å². The summed E-state index contributed by atoms with van der Waals surface area (Å²) in [5, 5.41) is 7.45. The van der Waals surface area contributed by atoms with Gasteiger partial charge in [-0.1, -0.05) is 20.8 Å². The molecule has 0 saturated carbocycles. The first-order chi connectivity index (χ1) is 15.7. The highest BCUT2D eigenvalue weighted by molar-refractivity contribution is 8.00. The van der Waals surface area contributed by atoms with E-state index < -0.39 is 5.82 Å². The predicted octanol–water partition coefficient (Wildman–Crippen LogP) is 5.39. The van der Waals surface area contributed by atoms with Gasteiger partial charge >= 0.3 is 0 Å². The summed E-state index contributed by atoms with van der Waals surface area (Å²) in [6.07, 6.45) is 7.42. The lowest BCUT2D eigenvalue weighted by Gasteiger charge is -2.20. The van der Waals surface area contributed by atoms with Crippen molar-refractivity contribution in [2.75, 3.05) is 19.5 Å². The van der Waals surface area contributed by atoms with Gasteiger partial charge < -0.3 is 14.8 Å². The maximum absolute atomic E-state index is 15.0. The lowest BCUT2D eigenvalue weighted by molar-refractivity contribution is 0.388. The smallest absolute Gasteiger partial charge is 0.177 e. The Morgan fingerprint density at radius 1 is 1.09 bits per heavy atom. The molecular weight excluding hydrogens is 441 g/mol. The summed E-state index contributed by atoms with van der Waals surface area (Å²) in [4.78, 5) is 5.51. The normalized spacial score (nSPS) is 11.7. The summed E-state index contributed by atoms with van der Waals surface area (Å²) in [6.45, 7) is 6.93. The van der Waals surface area contributed by atoms with Crippen molar-refractivity contribution in [3.8, 4) is 22.8 Å². The molecule has 4 rings (SSSR count). The van der Waals surface area contributed by atoms with Crippen molar-refractivity contribution in [2.45, 2.75) is 37.0 Å². The van der Waals surface area contributed by atoms with Crippen molar-refractivity contribution in [1.82, 2.24) is 19.2 Å². The fraction of sp³-hybridized carbons (Fsp3) is 0.333. The zero-order valence-corrected chi connectivity index (χ0v) is 20.5. The molecule has 1 N–H and O–H groups in total. The summed E-state index contributed by atoms with van der Waals surface area (Å²) >= 11 is 1.71. The standard InChI is InChI=1S/C24H28FN5O2S/c1-24(2,3)33-21-14-30-19(12-27-22(30)9-20(21)31-5)16-7-17(25)23(32-6)18(8-16)26-10-15-11-28-29(4)13-15/h7-9,11-14,26H,10H2,1-6H3. The van der Waals surface area contributed by atoms with Gasteiger partial charge in [-0.3, -0.25) is 9.08 Å². The number of thioether (sulfide) groups is 1. The molecule has 0 atom stereocenters. The highest BCUT2D eigenvalue weighted by atomic mass is 32.2. The zero-order chi connectivity index (χ0) is 23.8. The molecule has 0 radical (unpaired) electrons. The quantitative estimate of drug-likeness (QED) is 0.366. The van der Waals surface area contributed by atoms with Crippen LogP contribution < -0.4 is 14.8 Å². The van der Waals surface area contributed by atoms with Gasteiger partial charge in [0.25, 0.3) is 0 Å². The molecule has 0 fully saturated rings. The Balaban J connectivity index is 1.76. The molecule has 0 aliphatic carbocycles. The second-order valence-corrected chi connectivity index (χ2v) is 10.6. The Kier molecular flexibility index (Phi) is 6.25. The van der Waals surface area contributed by atoms with Crippen molar-refractivity contribution in [3.63, 3.8) is 0 Å². The summed E-state index contributed by atoms with van der Waals surface area (Å²) in [5.41, 5.74) is 3.72. The lowest BCUT2D eigenvalue weighted by atomic mass is 10.1. The molecule has 9 heteroatoms. The van der Waals surface area contributed by atoms with Crippen LogP contribution in [0.25, 0.3) is 16.9 Å². The van der Waals surface area contributed by atoms with E-state index in [2.05, 4.69) is 36.2 Å². The molecule has 0 spiro atoms. The number of aryl methyl sites for hydroxylation is 1. The van der Waals surface area contributed by atoms with Gasteiger partial charge in [0.1, 0.15) is 11.4 Å². The van der Waals surface area contributed by atoms with Crippen molar-refractivity contribution in [1.29, 1.82) is 0 Å². The number of halogens is 1. The molecule has 174 valence electrons. The minimum Gasteiger partial charge on any atom is -0.495 e. The molecule has 0 unspecified atom stereocenters. The van der Waals surface area contributed by atoms with Gasteiger partial charge in [-0.15, -0.1) is 11.8 Å². The highest BCUT2D eigenvalue weighted by Crippen LogP contribution is 2.40. The molecule has 0 amide bonds. The van der Waals surface area contributed by atoms with Crippen LogP contribution in [0, 0.1) is 5.82 Å². The van der Waals surface area contributed by atoms with E-state index in [1.54, 1.807) is 35.9 Å². The molecule has 4 aromatic rings. The highest BCUT2D eigenvalue weighted by Gasteiger charge is 2.20. The minimum atomic E-state index is -0.448. The molecule has 0 saturated heterocycles. The van der Waals surface area contributed by atoms with Crippen LogP contribution in [0.3, 0.4) is 0 Å². The first-order valence-electron chi connectivity index (χ1n) is 10.5. The number of anilines is 1. The van der Waals surface area contributed by atoms with E-state index in [4.69, 9.17) is 9.47 Å². The van der Waals surface area contributed by atoms with E-state index in [-0.39, 0.29) is 10.5 Å². The summed E-state index contributed by atoms with van der Waals surface area (Å²) in [7, 11) is 4.97. The van der Waals surface area contributed by atoms with E-state index >= 15 is 4.39 Å². The van der Waals surface area contributed by atoms with Crippen molar-refractivity contribution in [3.05, 3.63) is 54.4 Å². The second kappa shape index (κ2) is 8.97. The van der Waals surface area contributed by atoms with Gasteiger partial charge in [0, 0.05) is 47.9 Å². The van der Waals surface area contributed by atoms with Crippen LogP contribution in [0.2, 0.25) is 0 Å². The van der Waals surface area contributed by atoms with E-state index in [9.17, 15) is 0 Å².